The standard InChI is InChI=1S/C19H29NO2/c1-18(2)9-15-10-19(3,12-18)13-20(15)11-14-6-16(21-4)8-17(7-14)22-5/h6-8,15H,9-13H2,1-5H3. The third kappa shape index (κ3) is 3.10. The van der Waals surface area contributed by atoms with Crippen LogP contribution in [0.3, 0.4) is 0 Å². The van der Waals surface area contributed by atoms with Crippen LogP contribution in [0.1, 0.15) is 45.6 Å². The summed E-state index contributed by atoms with van der Waals surface area (Å²) in [6, 6.07) is 6.93. The van der Waals surface area contributed by atoms with E-state index in [4.69, 9.17) is 9.47 Å². The van der Waals surface area contributed by atoms with E-state index in [9.17, 15) is 0 Å². The van der Waals surface area contributed by atoms with E-state index in [0.29, 0.717) is 16.9 Å². The molecule has 1 aliphatic heterocycles. The van der Waals surface area contributed by atoms with Crippen molar-refractivity contribution in [3.8, 4) is 11.5 Å². The van der Waals surface area contributed by atoms with Crippen LogP contribution in [-0.2, 0) is 6.54 Å². The van der Waals surface area contributed by atoms with Gasteiger partial charge in [0.25, 0.3) is 0 Å². The molecule has 0 spiro atoms. The molecule has 0 radical (unpaired) electrons. The van der Waals surface area contributed by atoms with Gasteiger partial charge in [0.05, 0.1) is 14.2 Å². The van der Waals surface area contributed by atoms with Gasteiger partial charge in [0.1, 0.15) is 11.5 Å². The summed E-state index contributed by atoms with van der Waals surface area (Å²) in [6.45, 7) is 9.52. The van der Waals surface area contributed by atoms with Gasteiger partial charge in [0.15, 0.2) is 0 Å². The largest absolute Gasteiger partial charge is 0.497 e. The predicted octanol–water partition coefficient (Wildman–Crippen LogP) is 4.10. The lowest BCUT2D eigenvalue weighted by Gasteiger charge is -2.40. The van der Waals surface area contributed by atoms with E-state index in [1.807, 2.05) is 6.07 Å². The normalized spacial score (nSPS) is 30.3. The lowest BCUT2D eigenvalue weighted by atomic mass is 9.65. The van der Waals surface area contributed by atoms with Crippen LogP contribution in [0, 0.1) is 10.8 Å². The van der Waals surface area contributed by atoms with Gasteiger partial charge < -0.3 is 9.47 Å². The Morgan fingerprint density at radius 3 is 2.27 bits per heavy atom. The number of fused-ring (bicyclic) bond motifs is 2. The first kappa shape index (κ1) is 15.7. The molecule has 0 N–H and O–H groups in total. The topological polar surface area (TPSA) is 21.7 Å². The van der Waals surface area contributed by atoms with Crippen LogP contribution in [0.25, 0.3) is 0 Å². The lowest BCUT2D eigenvalue weighted by molar-refractivity contribution is 0.126. The third-order valence-corrected chi connectivity index (χ3v) is 5.32. The summed E-state index contributed by atoms with van der Waals surface area (Å²) in [5, 5.41) is 0. The molecule has 1 saturated heterocycles. The second kappa shape index (κ2) is 5.45. The molecule has 3 rings (SSSR count). The first-order valence-corrected chi connectivity index (χ1v) is 8.29. The molecule has 0 aromatic heterocycles. The van der Waals surface area contributed by atoms with Gasteiger partial charge in [-0.15, -0.1) is 0 Å². The number of benzene rings is 1. The molecule has 1 aliphatic carbocycles. The quantitative estimate of drug-likeness (QED) is 0.835. The Morgan fingerprint density at radius 2 is 1.68 bits per heavy atom. The molecule has 2 aliphatic rings. The van der Waals surface area contributed by atoms with Gasteiger partial charge in [0.2, 0.25) is 0 Å². The van der Waals surface area contributed by atoms with E-state index in [2.05, 4.69) is 37.8 Å². The maximum Gasteiger partial charge on any atom is 0.122 e. The maximum absolute atomic E-state index is 5.40. The minimum Gasteiger partial charge on any atom is -0.497 e. The minimum atomic E-state index is 0.471. The van der Waals surface area contributed by atoms with Crippen molar-refractivity contribution in [2.45, 2.75) is 52.6 Å². The zero-order valence-electron chi connectivity index (χ0n) is 14.6. The molecule has 2 atom stereocenters. The Balaban J connectivity index is 1.79. The molecule has 122 valence electrons. The summed E-state index contributed by atoms with van der Waals surface area (Å²) >= 11 is 0. The van der Waals surface area contributed by atoms with Crippen LogP contribution in [0.4, 0.5) is 0 Å². The summed E-state index contributed by atoms with van der Waals surface area (Å²) < 4.78 is 10.8. The highest BCUT2D eigenvalue weighted by atomic mass is 16.5. The molecule has 1 saturated carbocycles. The van der Waals surface area contributed by atoms with Gasteiger partial charge in [-0.05, 0) is 47.8 Å². The fourth-order valence-corrected chi connectivity index (χ4v) is 4.95. The molecule has 0 amide bonds. The highest BCUT2D eigenvalue weighted by molar-refractivity contribution is 5.38. The van der Waals surface area contributed by atoms with Gasteiger partial charge in [0, 0.05) is 25.2 Å². The van der Waals surface area contributed by atoms with Crippen molar-refractivity contribution >= 4 is 0 Å². The predicted molar refractivity (Wildman–Crippen MR) is 89.5 cm³/mol. The number of methoxy groups -OCH3 is 2. The molecule has 2 unspecified atom stereocenters. The van der Waals surface area contributed by atoms with Crippen molar-refractivity contribution in [3.63, 3.8) is 0 Å². The van der Waals surface area contributed by atoms with Gasteiger partial charge in [-0.2, -0.15) is 0 Å². The molecule has 2 bridgehead atoms. The van der Waals surface area contributed by atoms with E-state index in [1.54, 1.807) is 14.2 Å². The molecule has 2 fully saturated rings. The summed E-state index contributed by atoms with van der Waals surface area (Å²) in [7, 11) is 3.43. The smallest absolute Gasteiger partial charge is 0.122 e. The highest BCUT2D eigenvalue weighted by Crippen LogP contribution is 2.52. The highest BCUT2D eigenvalue weighted by Gasteiger charge is 2.49. The van der Waals surface area contributed by atoms with E-state index in [0.717, 1.165) is 18.0 Å². The van der Waals surface area contributed by atoms with E-state index in [-0.39, 0.29) is 0 Å². The van der Waals surface area contributed by atoms with Crippen LogP contribution in [0.5, 0.6) is 11.5 Å². The number of hydrogen-bond acceptors (Lipinski definition) is 3. The second-order valence-electron chi connectivity index (χ2n) is 8.34. The van der Waals surface area contributed by atoms with Crippen molar-refractivity contribution in [1.82, 2.24) is 4.90 Å². The Labute approximate surface area is 134 Å². The van der Waals surface area contributed by atoms with Crippen LogP contribution >= 0.6 is 0 Å². The van der Waals surface area contributed by atoms with Crippen molar-refractivity contribution in [2.24, 2.45) is 10.8 Å². The summed E-state index contributed by atoms with van der Waals surface area (Å²) in [4.78, 5) is 2.67. The number of hydrogen-bond donors (Lipinski definition) is 0. The van der Waals surface area contributed by atoms with E-state index >= 15 is 0 Å². The Morgan fingerprint density at radius 1 is 1.05 bits per heavy atom. The Hall–Kier alpha value is -1.22. The Bertz CT molecular complexity index is 532. The molecular formula is C19H29NO2. The van der Waals surface area contributed by atoms with E-state index in [1.165, 1.54) is 31.4 Å². The van der Waals surface area contributed by atoms with Crippen molar-refractivity contribution in [1.29, 1.82) is 0 Å². The average Bonchev–Trinajstić information content (AvgIpc) is 2.66. The average molecular weight is 303 g/mol. The zero-order valence-corrected chi connectivity index (χ0v) is 14.6. The maximum atomic E-state index is 5.40. The molecule has 1 aromatic rings. The van der Waals surface area contributed by atoms with Crippen LogP contribution in [0.2, 0.25) is 0 Å². The first-order valence-electron chi connectivity index (χ1n) is 8.29. The first-order chi connectivity index (χ1) is 10.3. The zero-order chi connectivity index (χ0) is 16.0. The van der Waals surface area contributed by atoms with Crippen molar-refractivity contribution in [2.75, 3.05) is 20.8 Å². The SMILES string of the molecule is COc1cc(CN2CC3(C)CC2CC(C)(C)C3)cc(OC)c1. The van der Waals surface area contributed by atoms with Crippen molar-refractivity contribution in [3.05, 3.63) is 23.8 Å². The monoisotopic (exact) mass is 303 g/mol. The third-order valence-electron chi connectivity index (χ3n) is 5.32. The fraction of sp³-hybridized carbons (Fsp3) is 0.684. The lowest BCUT2D eigenvalue weighted by Crippen LogP contribution is -2.34. The minimum absolute atomic E-state index is 0.471. The van der Waals surface area contributed by atoms with Crippen LogP contribution in [0.15, 0.2) is 18.2 Å². The summed E-state index contributed by atoms with van der Waals surface area (Å²) in [6.07, 6.45) is 4.00. The number of likely N-dealkylation sites (tertiary alicyclic amines) is 1. The summed E-state index contributed by atoms with van der Waals surface area (Å²) in [5.41, 5.74) is 2.23. The molecule has 3 heteroatoms. The fourth-order valence-electron chi connectivity index (χ4n) is 4.95. The Kier molecular flexibility index (Phi) is 3.88. The van der Waals surface area contributed by atoms with Gasteiger partial charge in [-0.25, -0.2) is 0 Å². The molecular weight excluding hydrogens is 274 g/mol. The molecule has 1 aromatic carbocycles. The van der Waals surface area contributed by atoms with Crippen molar-refractivity contribution < 1.29 is 9.47 Å². The van der Waals surface area contributed by atoms with E-state index < -0.39 is 0 Å². The summed E-state index contributed by atoms with van der Waals surface area (Å²) in [5.74, 6) is 1.76. The number of rotatable bonds is 4. The van der Waals surface area contributed by atoms with Crippen LogP contribution < -0.4 is 9.47 Å². The van der Waals surface area contributed by atoms with Crippen LogP contribution in [-0.4, -0.2) is 31.7 Å². The molecule has 22 heavy (non-hydrogen) atoms. The van der Waals surface area contributed by atoms with Gasteiger partial charge in [-0.1, -0.05) is 20.8 Å². The number of ether oxygens (including phenoxy) is 2. The molecule has 1 heterocycles. The second-order valence-corrected chi connectivity index (χ2v) is 8.34. The van der Waals surface area contributed by atoms with Gasteiger partial charge in [-0.3, -0.25) is 4.90 Å². The number of nitrogens with zero attached hydrogens (tertiary/aromatic N) is 1. The van der Waals surface area contributed by atoms with Gasteiger partial charge >= 0.3 is 0 Å². The molecule has 3 nitrogen and oxygen atoms in total.